The molecule has 1 aliphatic rings. The topological polar surface area (TPSA) is 141 Å². The van der Waals surface area contributed by atoms with Gasteiger partial charge in [-0.05, 0) is 35.9 Å². The lowest BCUT2D eigenvalue weighted by molar-refractivity contribution is 0.0342. The standard InChI is InChI=1S/C27H24ClN9O2/c1-38-23-14-30-25(19-11-18(28)4-3-17(19)12-29)35-26(23)34-22-13-31-36-24(22)27-32-20-5-2-16(10-21(20)33-27)15-37-6-8-39-9-7-37/h2-5,10-11,13-14H,6-9,15H2,1H3,(H,31,36)(H,32,33)(H,30,34,35). The van der Waals surface area contributed by atoms with Crippen LogP contribution in [-0.2, 0) is 11.3 Å². The Bertz CT molecular complexity index is 1680. The minimum absolute atomic E-state index is 0.332. The van der Waals surface area contributed by atoms with Crippen LogP contribution in [0.5, 0.6) is 5.75 Å². The van der Waals surface area contributed by atoms with Crippen molar-refractivity contribution in [2.45, 2.75) is 6.54 Å². The molecule has 0 spiro atoms. The van der Waals surface area contributed by atoms with E-state index in [4.69, 9.17) is 26.1 Å². The van der Waals surface area contributed by atoms with Gasteiger partial charge in [-0.25, -0.2) is 15.0 Å². The smallest absolute Gasteiger partial charge is 0.179 e. The van der Waals surface area contributed by atoms with Gasteiger partial charge in [-0.15, -0.1) is 0 Å². The zero-order valence-corrected chi connectivity index (χ0v) is 21.8. The van der Waals surface area contributed by atoms with Gasteiger partial charge >= 0.3 is 0 Å². The molecule has 6 rings (SSSR count). The predicted molar refractivity (Wildman–Crippen MR) is 147 cm³/mol. The number of nitrogens with zero attached hydrogens (tertiary/aromatic N) is 6. The first-order chi connectivity index (χ1) is 19.1. The summed E-state index contributed by atoms with van der Waals surface area (Å²) in [4.78, 5) is 19.6. The first-order valence-electron chi connectivity index (χ1n) is 12.3. The number of halogens is 1. The number of benzene rings is 2. The number of rotatable bonds is 7. The summed E-state index contributed by atoms with van der Waals surface area (Å²) in [7, 11) is 1.54. The van der Waals surface area contributed by atoms with Gasteiger partial charge in [-0.2, -0.15) is 10.4 Å². The second-order valence-electron chi connectivity index (χ2n) is 9.02. The van der Waals surface area contributed by atoms with Gasteiger partial charge in [0.1, 0.15) is 5.69 Å². The lowest BCUT2D eigenvalue weighted by atomic mass is 10.1. The second kappa shape index (κ2) is 10.7. The summed E-state index contributed by atoms with van der Waals surface area (Å²) in [5, 5.41) is 20.6. The molecule has 3 aromatic heterocycles. The Labute approximate surface area is 228 Å². The molecule has 12 heteroatoms. The zero-order chi connectivity index (χ0) is 26.8. The SMILES string of the molecule is COc1cnc(-c2cc(Cl)ccc2C#N)nc1Nc1cn[nH]c1-c1nc2ccc(CN3CCOCC3)cc2[nH]1. The number of imidazole rings is 1. The van der Waals surface area contributed by atoms with E-state index in [0.29, 0.717) is 50.7 Å². The van der Waals surface area contributed by atoms with Gasteiger partial charge in [-0.1, -0.05) is 17.7 Å². The number of methoxy groups -OCH3 is 1. The molecule has 2 aromatic carbocycles. The first kappa shape index (κ1) is 24.8. The molecule has 0 aliphatic carbocycles. The van der Waals surface area contributed by atoms with Crippen LogP contribution in [0.2, 0.25) is 5.02 Å². The van der Waals surface area contributed by atoms with Gasteiger partial charge in [-0.3, -0.25) is 10.00 Å². The average molecular weight is 542 g/mol. The Hall–Kier alpha value is -4.50. The largest absolute Gasteiger partial charge is 0.491 e. The van der Waals surface area contributed by atoms with Crippen LogP contribution in [0.3, 0.4) is 0 Å². The number of nitrogens with one attached hydrogen (secondary N) is 3. The zero-order valence-electron chi connectivity index (χ0n) is 21.0. The lowest BCUT2D eigenvalue weighted by Gasteiger charge is -2.26. The van der Waals surface area contributed by atoms with E-state index in [1.54, 1.807) is 30.6 Å². The number of fused-ring (bicyclic) bond motifs is 1. The Morgan fingerprint density at radius 3 is 2.85 bits per heavy atom. The summed E-state index contributed by atoms with van der Waals surface area (Å²) in [6.45, 7) is 4.25. The van der Waals surface area contributed by atoms with E-state index < -0.39 is 0 Å². The van der Waals surface area contributed by atoms with Gasteiger partial charge in [0.2, 0.25) is 0 Å². The van der Waals surface area contributed by atoms with Crippen molar-refractivity contribution < 1.29 is 9.47 Å². The van der Waals surface area contributed by atoms with Crippen LogP contribution in [0.4, 0.5) is 11.5 Å². The highest BCUT2D eigenvalue weighted by Gasteiger charge is 2.18. The molecule has 0 amide bonds. The summed E-state index contributed by atoms with van der Waals surface area (Å²) in [5.74, 6) is 1.78. The minimum atomic E-state index is 0.332. The molecule has 3 N–H and O–H groups in total. The van der Waals surface area contributed by atoms with Gasteiger partial charge < -0.3 is 19.8 Å². The van der Waals surface area contributed by atoms with Crippen LogP contribution in [0.1, 0.15) is 11.1 Å². The minimum Gasteiger partial charge on any atom is -0.491 e. The number of hydrogen-bond acceptors (Lipinski definition) is 9. The molecule has 0 atom stereocenters. The maximum absolute atomic E-state index is 9.55. The molecule has 0 bridgehead atoms. The summed E-state index contributed by atoms with van der Waals surface area (Å²) in [6.07, 6.45) is 3.19. The molecule has 0 saturated carbocycles. The van der Waals surface area contributed by atoms with Crippen molar-refractivity contribution in [3.05, 3.63) is 64.9 Å². The van der Waals surface area contributed by atoms with E-state index in [2.05, 4.69) is 53.6 Å². The summed E-state index contributed by atoms with van der Waals surface area (Å²) < 4.78 is 10.9. The van der Waals surface area contributed by atoms with Gasteiger partial charge in [0.25, 0.3) is 0 Å². The molecular formula is C27H24ClN9O2. The van der Waals surface area contributed by atoms with Crippen LogP contribution in [0.15, 0.2) is 48.8 Å². The highest BCUT2D eigenvalue weighted by atomic mass is 35.5. The normalized spacial score (nSPS) is 13.9. The molecule has 0 unspecified atom stereocenters. The third kappa shape index (κ3) is 5.13. The fourth-order valence-electron chi connectivity index (χ4n) is 4.52. The number of hydrogen-bond donors (Lipinski definition) is 3. The Balaban J connectivity index is 1.30. The lowest BCUT2D eigenvalue weighted by Crippen LogP contribution is -2.35. The molecule has 5 aromatic rings. The Kier molecular flexibility index (Phi) is 6.81. The number of H-pyrrole nitrogens is 2. The van der Waals surface area contributed by atoms with Crippen molar-refractivity contribution >= 4 is 34.1 Å². The number of anilines is 2. The fraction of sp³-hybridized carbons (Fsp3) is 0.222. The van der Waals surface area contributed by atoms with Crippen LogP contribution in [0.25, 0.3) is 33.9 Å². The number of aromatic amines is 2. The monoisotopic (exact) mass is 541 g/mol. The Morgan fingerprint density at radius 1 is 1.15 bits per heavy atom. The van der Waals surface area contributed by atoms with Crippen LogP contribution in [-0.4, -0.2) is 68.4 Å². The van der Waals surface area contributed by atoms with E-state index >= 15 is 0 Å². The molecule has 11 nitrogen and oxygen atoms in total. The number of morpholine rings is 1. The molecule has 0 radical (unpaired) electrons. The highest BCUT2D eigenvalue weighted by molar-refractivity contribution is 6.30. The van der Waals surface area contributed by atoms with Crippen molar-refractivity contribution in [3.63, 3.8) is 0 Å². The van der Waals surface area contributed by atoms with Crippen molar-refractivity contribution in [1.82, 2.24) is 35.0 Å². The quantitative estimate of drug-likeness (QED) is 0.271. The number of ether oxygens (including phenoxy) is 2. The first-order valence-corrected chi connectivity index (χ1v) is 12.7. The predicted octanol–water partition coefficient (Wildman–Crippen LogP) is 4.52. The van der Waals surface area contributed by atoms with Gasteiger partial charge in [0.15, 0.2) is 23.2 Å². The molecule has 4 heterocycles. The third-order valence-corrected chi connectivity index (χ3v) is 6.74. The van der Waals surface area contributed by atoms with E-state index in [-0.39, 0.29) is 0 Å². The summed E-state index contributed by atoms with van der Waals surface area (Å²) >= 11 is 6.18. The number of nitriles is 1. The van der Waals surface area contributed by atoms with Gasteiger partial charge in [0, 0.05) is 30.2 Å². The second-order valence-corrected chi connectivity index (χ2v) is 9.46. The maximum atomic E-state index is 9.55. The molecule has 1 aliphatic heterocycles. The van der Waals surface area contributed by atoms with E-state index in [1.165, 1.54) is 12.7 Å². The van der Waals surface area contributed by atoms with Crippen molar-refractivity contribution in [2.24, 2.45) is 0 Å². The third-order valence-electron chi connectivity index (χ3n) is 6.50. The van der Waals surface area contributed by atoms with E-state index in [1.807, 2.05) is 6.07 Å². The molecule has 196 valence electrons. The van der Waals surface area contributed by atoms with Crippen molar-refractivity contribution in [3.8, 4) is 34.7 Å². The van der Waals surface area contributed by atoms with E-state index in [9.17, 15) is 5.26 Å². The summed E-state index contributed by atoms with van der Waals surface area (Å²) in [6, 6.07) is 13.4. The van der Waals surface area contributed by atoms with E-state index in [0.717, 1.165) is 43.9 Å². The molecule has 1 saturated heterocycles. The van der Waals surface area contributed by atoms with Crippen molar-refractivity contribution in [2.75, 3.05) is 38.7 Å². The maximum Gasteiger partial charge on any atom is 0.179 e. The average Bonchev–Trinajstić information content (AvgIpc) is 3.60. The number of aromatic nitrogens is 6. The van der Waals surface area contributed by atoms with Crippen molar-refractivity contribution in [1.29, 1.82) is 5.26 Å². The van der Waals surface area contributed by atoms with Crippen LogP contribution >= 0.6 is 11.6 Å². The molecule has 39 heavy (non-hydrogen) atoms. The molecular weight excluding hydrogens is 518 g/mol. The Morgan fingerprint density at radius 2 is 2.03 bits per heavy atom. The fourth-order valence-corrected chi connectivity index (χ4v) is 4.69. The summed E-state index contributed by atoms with van der Waals surface area (Å²) in [5.41, 5.74) is 5.22. The van der Waals surface area contributed by atoms with Gasteiger partial charge in [0.05, 0.1) is 61.1 Å². The van der Waals surface area contributed by atoms with Crippen LogP contribution < -0.4 is 10.1 Å². The highest BCUT2D eigenvalue weighted by Crippen LogP contribution is 2.33. The van der Waals surface area contributed by atoms with Crippen LogP contribution in [0, 0.1) is 11.3 Å². The molecule has 1 fully saturated rings.